The fraction of sp³-hybridized carbons (Fsp3) is 0.391. The molecule has 0 bridgehead atoms. The molecule has 1 heterocycles. The van der Waals surface area contributed by atoms with Crippen LogP contribution in [0.3, 0.4) is 0 Å². The first kappa shape index (κ1) is 20.9. The molecule has 1 aliphatic heterocycles. The lowest BCUT2D eigenvalue weighted by molar-refractivity contribution is -0.141. The van der Waals surface area contributed by atoms with Crippen molar-refractivity contribution in [2.24, 2.45) is 5.92 Å². The Hall–Kier alpha value is -2.86. The van der Waals surface area contributed by atoms with Crippen molar-refractivity contribution in [1.82, 2.24) is 10.4 Å². The lowest BCUT2D eigenvalue weighted by atomic mass is 9.93. The topological polar surface area (TPSA) is 78.9 Å². The number of carbonyl (C=O) groups excluding carboxylic acids is 2. The molecule has 0 aliphatic carbocycles. The van der Waals surface area contributed by atoms with Crippen molar-refractivity contribution in [3.63, 3.8) is 0 Å². The average Bonchev–Trinajstić information content (AvgIpc) is 2.78. The second-order valence-corrected chi connectivity index (χ2v) is 7.44. The van der Waals surface area contributed by atoms with Gasteiger partial charge >= 0.3 is 0 Å². The Morgan fingerprint density at radius 1 is 0.966 bits per heavy atom. The molecule has 2 amide bonds. The molecule has 0 radical (unpaired) electrons. The summed E-state index contributed by atoms with van der Waals surface area (Å²) in [4.78, 5) is 26.5. The summed E-state index contributed by atoms with van der Waals surface area (Å²) in [5.41, 5.74) is 3.70. The fourth-order valence-corrected chi connectivity index (χ4v) is 3.64. The summed E-state index contributed by atoms with van der Waals surface area (Å²) in [5, 5.41) is 8.89. The molecule has 2 N–H and O–H groups in total. The fourth-order valence-electron chi connectivity index (χ4n) is 3.64. The molecule has 6 nitrogen and oxygen atoms in total. The standard InChI is InChI=1S/C23H28N2O4/c26-22(24-28)16-20(23(27)25-13-5-2-6-14-25)15-18-9-11-21(12-10-18)29-17-19-7-3-1-4-8-19/h1,3-4,7-12,20,28H,2,5-6,13-17H2,(H,24,26). The number of nitrogens with one attached hydrogen (secondary N) is 1. The van der Waals surface area contributed by atoms with Crippen LogP contribution in [0.25, 0.3) is 0 Å². The van der Waals surface area contributed by atoms with Gasteiger partial charge in [-0.05, 0) is 48.9 Å². The first-order valence-corrected chi connectivity index (χ1v) is 10.1. The first-order valence-electron chi connectivity index (χ1n) is 10.1. The van der Waals surface area contributed by atoms with Crippen LogP contribution in [0.4, 0.5) is 0 Å². The Morgan fingerprint density at radius 2 is 1.66 bits per heavy atom. The van der Waals surface area contributed by atoms with Gasteiger partial charge in [0.1, 0.15) is 12.4 Å². The first-order chi connectivity index (χ1) is 14.2. The van der Waals surface area contributed by atoms with Crippen LogP contribution in [0.2, 0.25) is 0 Å². The SMILES string of the molecule is O=C(CC(Cc1ccc(OCc2ccccc2)cc1)C(=O)N1CCCCC1)NO. The minimum atomic E-state index is -0.539. The van der Waals surface area contributed by atoms with Crippen LogP contribution >= 0.6 is 0 Å². The van der Waals surface area contributed by atoms with Gasteiger partial charge in [0.05, 0.1) is 5.92 Å². The minimum Gasteiger partial charge on any atom is -0.489 e. The van der Waals surface area contributed by atoms with Gasteiger partial charge in [0.15, 0.2) is 0 Å². The summed E-state index contributed by atoms with van der Waals surface area (Å²) in [6, 6.07) is 17.6. The summed E-state index contributed by atoms with van der Waals surface area (Å²) in [6.45, 7) is 1.97. The van der Waals surface area contributed by atoms with Crippen molar-refractivity contribution < 1.29 is 19.5 Å². The second-order valence-electron chi connectivity index (χ2n) is 7.44. The predicted octanol–water partition coefficient (Wildman–Crippen LogP) is 3.33. The van der Waals surface area contributed by atoms with Gasteiger partial charge in [0, 0.05) is 19.5 Å². The van der Waals surface area contributed by atoms with E-state index in [9.17, 15) is 9.59 Å². The zero-order valence-corrected chi connectivity index (χ0v) is 16.5. The molecule has 0 spiro atoms. The number of piperidine rings is 1. The van der Waals surface area contributed by atoms with Gasteiger partial charge in [-0.1, -0.05) is 42.5 Å². The van der Waals surface area contributed by atoms with E-state index in [1.165, 1.54) is 0 Å². The normalized spacial score (nSPS) is 14.9. The molecule has 2 aromatic carbocycles. The van der Waals surface area contributed by atoms with Gasteiger partial charge in [0.25, 0.3) is 0 Å². The van der Waals surface area contributed by atoms with Gasteiger partial charge < -0.3 is 9.64 Å². The summed E-state index contributed by atoms with van der Waals surface area (Å²) in [7, 11) is 0. The van der Waals surface area contributed by atoms with Crippen LogP contribution in [-0.4, -0.2) is 35.0 Å². The Morgan fingerprint density at radius 3 is 2.31 bits per heavy atom. The van der Waals surface area contributed by atoms with E-state index in [-0.39, 0.29) is 12.3 Å². The van der Waals surface area contributed by atoms with Crippen LogP contribution < -0.4 is 10.2 Å². The van der Waals surface area contributed by atoms with Crippen LogP contribution in [0.15, 0.2) is 54.6 Å². The van der Waals surface area contributed by atoms with Crippen molar-refractivity contribution in [2.45, 2.75) is 38.7 Å². The molecular weight excluding hydrogens is 368 g/mol. The molecule has 3 rings (SSSR count). The molecule has 1 fully saturated rings. The van der Waals surface area contributed by atoms with Crippen LogP contribution in [0, 0.1) is 5.92 Å². The predicted molar refractivity (Wildman–Crippen MR) is 109 cm³/mol. The number of carbonyl (C=O) groups is 2. The number of hydrogen-bond acceptors (Lipinski definition) is 4. The van der Waals surface area contributed by atoms with Crippen molar-refractivity contribution in [2.75, 3.05) is 13.1 Å². The lowest BCUT2D eigenvalue weighted by Crippen LogP contribution is -2.41. The summed E-state index contributed by atoms with van der Waals surface area (Å²) in [5.74, 6) is -0.290. The molecule has 1 unspecified atom stereocenters. The van der Waals surface area contributed by atoms with E-state index in [4.69, 9.17) is 9.94 Å². The molecular formula is C23H28N2O4. The molecule has 1 saturated heterocycles. The van der Waals surface area contributed by atoms with Crippen LogP contribution in [0.5, 0.6) is 5.75 Å². The average molecular weight is 396 g/mol. The van der Waals surface area contributed by atoms with E-state index in [1.807, 2.05) is 59.5 Å². The molecule has 6 heteroatoms. The molecule has 154 valence electrons. The molecule has 29 heavy (non-hydrogen) atoms. The minimum absolute atomic E-state index is 0.0160. The maximum Gasteiger partial charge on any atom is 0.244 e. The molecule has 2 aromatic rings. The highest BCUT2D eigenvalue weighted by Gasteiger charge is 2.27. The van der Waals surface area contributed by atoms with Crippen LogP contribution in [-0.2, 0) is 22.6 Å². The van der Waals surface area contributed by atoms with Crippen LogP contribution in [0.1, 0.15) is 36.8 Å². The second kappa shape index (κ2) is 10.6. The summed E-state index contributed by atoms with van der Waals surface area (Å²) < 4.78 is 5.80. The van der Waals surface area contributed by atoms with E-state index < -0.39 is 11.8 Å². The zero-order chi connectivity index (χ0) is 20.5. The monoisotopic (exact) mass is 396 g/mol. The number of benzene rings is 2. The van der Waals surface area contributed by atoms with Gasteiger partial charge in [-0.2, -0.15) is 0 Å². The van der Waals surface area contributed by atoms with Crippen molar-refractivity contribution in [3.8, 4) is 5.75 Å². The molecule has 1 aliphatic rings. The van der Waals surface area contributed by atoms with Gasteiger partial charge in [-0.15, -0.1) is 0 Å². The third-order valence-corrected chi connectivity index (χ3v) is 5.23. The molecule has 1 atom stereocenters. The van der Waals surface area contributed by atoms with E-state index in [0.29, 0.717) is 13.0 Å². The lowest BCUT2D eigenvalue weighted by Gasteiger charge is -2.30. The highest BCUT2D eigenvalue weighted by Crippen LogP contribution is 2.21. The smallest absolute Gasteiger partial charge is 0.244 e. The van der Waals surface area contributed by atoms with Gasteiger partial charge in [-0.3, -0.25) is 14.8 Å². The number of amides is 2. The Labute approximate surface area is 171 Å². The number of ether oxygens (including phenoxy) is 1. The van der Waals surface area contributed by atoms with Crippen molar-refractivity contribution >= 4 is 11.8 Å². The Bertz CT molecular complexity index is 786. The summed E-state index contributed by atoms with van der Waals surface area (Å²) >= 11 is 0. The van der Waals surface area contributed by atoms with Gasteiger partial charge in [0.2, 0.25) is 11.8 Å². The molecule has 0 aromatic heterocycles. The number of hydrogen-bond donors (Lipinski definition) is 2. The maximum atomic E-state index is 12.9. The number of nitrogens with zero attached hydrogens (tertiary/aromatic N) is 1. The zero-order valence-electron chi connectivity index (χ0n) is 16.5. The Kier molecular flexibility index (Phi) is 7.64. The third-order valence-electron chi connectivity index (χ3n) is 5.23. The third kappa shape index (κ3) is 6.32. The van der Waals surface area contributed by atoms with Crippen molar-refractivity contribution in [3.05, 3.63) is 65.7 Å². The number of hydroxylamine groups is 1. The quantitative estimate of drug-likeness (QED) is 0.530. The number of rotatable bonds is 8. The highest BCUT2D eigenvalue weighted by molar-refractivity contribution is 5.85. The largest absolute Gasteiger partial charge is 0.489 e. The molecule has 0 saturated carbocycles. The van der Waals surface area contributed by atoms with E-state index in [2.05, 4.69) is 0 Å². The number of likely N-dealkylation sites (tertiary alicyclic amines) is 1. The highest BCUT2D eigenvalue weighted by atomic mass is 16.5. The van der Waals surface area contributed by atoms with E-state index in [0.717, 1.165) is 49.2 Å². The van der Waals surface area contributed by atoms with E-state index >= 15 is 0 Å². The maximum absolute atomic E-state index is 12.9. The van der Waals surface area contributed by atoms with Gasteiger partial charge in [-0.25, -0.2) is 5.48 Å². The van der Waals surface area contributed by atoms with E-state index in [1.54, 1.807) is 5.48 Å². The Balaban J connectivity index is 1.61. The summed E-state index contributed by atoms with van der Waals surface area (Å²) in [6.07, 6.45) is 3.55. The van der Waals surface area contributed by atoms with Crippen molar-refractivity contribution in [1.29, 1.82) is 0 Å².